The zero-order chi connectivity index (χ0) is 49.3. The lowest BCUT2D eigenvalue weighted by atomic mass is 10.0. The molecule has 0 unspecified atom stereocenters. The van der Waals surface area contributed by atoms with Crippen molar-refractivity contribution < 1.29 is 28.6 Å². The summed E-state index contributed by atoms with van der Waals surface area (Å²) in [6.07, 6.45) is 70.7. The van der Waals surface area contributed by atoms with Gasteiger partial charge >= 0.3 is 17.9 Å². The zero-order valence-electron chi connectivity index (χ0n) is 45.1. The molecule has 0 aromatic rings. The molecule has 0 aliphatic carbocycles. The van der Waals surface area contributed by atoms with E-state index in [0.29, 0.717) is 19.3 Å². The summed E-state index contributed by atoms with van der Waals surface area (Å²) in [6, 6.07) is 0. The van der Waals surface area contributed by atoms with Gasteiger partial charge in [0.2, 0.25) is 0 Å². The molecule has 0 aliphatic rings. The molecule has 0 amide bonds. The van der Waals surface area contributed by atoms with Gasteiger partial charge in [0, 0.05) is 19.3 Å². The summed E-state index contributed by atoms with van der Waals surface area (Å²) in [5, 5.41) is 0. The Hall–Kier alpha value is -2.89. The van der Waals surface area contributed by atoms with E-state index in [1.165, 1.54) is 173 Å². The molecule has 0 N–H and O–H groups in total. The Bertz CT molecular complexity index is 1230. The molecule has 0 bridgehead atoms. The van der Waals surface area contributed by atoms with Crippen molar-refractivity contribution in [1.82, 2.24) is 0 Å². The van der Waals surface area contributed by atoms with Crippen LogP contribution in [0.5, 0.6) is 0 Å². The topological polar surface area (TPSA) is 78.9 Å². The fraction of sp³-hybridized carbons (Fsp3) is 0.790. The third kappa shape index (κ3) is 54.1. The summed E-state index contributed by atoms with van der Waals surface area (Å²) in [6.45, 7) is 6.52. The molecular weight excluding hydrogens is 841 g/mol. The standard InChI is InChI=1S/C62H110O6/c1-4-7-10-13-16-19-22-25-28-31-34-37-40-43-46-49-52-55-61(64)67-58-59(57-66-60(63)54-51-48-45-42-39-36-33-30-27-24-21-18-15-12-9-6-3)68-62(65)56-53-50-47-44-41-38-35-32-29-26-23-20-17-14-11-8-5-2/h7,10,16,19,25,28,34,37,43,46,59H,4-6,8-9,11-15,17-18,20-24,26-27,29-33,35-36,38-42,44-45,47-58H2,1-3H3/b10-7-,19-16-,28-25-,37-34-,46-43-/t59-/m1/s1. The first-order chi connectivity index (χ1) is 33.5. The van der Waals surface area contributed by atoms with E-state index in [9.17, 15) is 14.4 Å². The molecule has 0 saturated carbocycles. The second kappa shape index (κ2) is 56.7. The highest BCUT2D eigenvalue weighted by Gasteiger charge is 2.19. The predicted molar refractivity (Wildman–Crippen MR) is 293 cm³/mol. The minimum Gasteiger partial charge on any atom is -0.462 e. The number of carbonyl (C=O) groups is 3. The van der Waals surface area contributed by atoms with Crippen LogP contribution >= 0.6 is 0 Å². The van der Waals surface area contributed by atoms with Gasteiger partial charge in [-0.25, -0.2) is 0 Å². The van der Waals surface area contributed by atoms with Crippen LogP contribution in [0, 0.1) is 0 Å². The van der Waals surface area contributed by atoms with Crippen molar-refractivity contribution in [3.8, 4) is 0 Å². The highest BCUT2D eigenvalue weighted by molar-refractivity contribution is 5.71. The Morgan fingerprint density at radius 2 is 0.574 bits per heavy atom. The molecule has 6 nitrogen and oxygen atoms in total. The van der Waals surface area contributed by atoms with Gasteiger partial charge in [-0.3, -0.25) is 14.4 Å². The Morgan fingerprint density at radius 3 is 0.897 bits per heavy atom. The third-order valence-electron chi connectivity index (χ3n) is 12.8. The SMILES string of the molecule is CC/C=C\C/C=C\C/C=C\C/C=C\C/C=C\CCCC(=O)OC[C@@H](COC(=O)CCCCCCCCCCCCCCCCCC)OC(=O)CCCCCCCCCCCCCCCCCCC. The molecule has 0 rings (SSSR count). The highest BCUT2D eigenvalue weighted by atomic mass is 16.6. The van der Waals surface area contributed by atoms with Crippen molar-refractivity contribution in [1.29, 1.82) is 0 Å². The van der Waals surface area contributed by atoms with Gasteiger partial charge in [0.05, 0.1) is 0 Å². The molecule has 0 aromatic heterocycles. The van der Waals surface area contributed by atoms with E-state index in [2.05, 4.69) is 81.5 Å². The monoisotopic (exact) mass is 951 g/mol. The number of carbonyl (C=O) groups excluding carboxylic acids is 3. The molecule has 0 heterocycles. The molecule has 6 heteroatoms. The highest BCUT2D eigenvalue weighted by Crippen LogP contribution is 2.17. The lowest BCUT2D eigenvalue weighted by Crippen LogP contribution is -2.30. The van der Waals surface area contributed by atoms with E-state index in [0.717, 1.165) is 77.0 Å². The van der Waals surface area contributed by atoms with Gasteiger partial charge in [0.25, 0.3) is 0 Å². The zero-order valence-corrected chi connectivity index (χ0v) is 45.1. The quantitative estimate of drug-likeness (QED) is 0.0262. The molecule has 0 aromatic carbocycles. The first kappa shape index (κ1) is 65.1. The van der Waals surface area contributed by atoms with Crippen LogP contribution in [0.25, 0.3) is 0 Å². The first-order valence-corrected chi connectivity index (χ1v) is 29.3. The van der Waals surface area contributed by atoms with E-state index >= 15 is 0 Å². The Labute approximate surface area is 421 Å². The molecule has 68 heavy (non-hydrogen) atoms. The Kier molecular flexibility index (Phi) is 54.3. The summed E-state index contributed by atoms with van der Waals surface area (Å²) < 4.78 is 16.8. The number of allylic oxidation sites excluding steroid dienone is 10. The van der Waals surface area contributed by atoms with Crippen molar-refractivity contribution in [2.45, 2.75) is 303 Å². The van der Waals surface area contributed by atoms with Crippen molar-refractivity contribution in [2.75, 3.05) is 13.2 Å². The largest absolute Gasteiger partial charge is 0.462 e. The average molecular weight is 952 g/mol. The Balaban J connectivity index is 4.42. The normalized spacial score (nSPS) is 12.5. The van der Waals surface area contributed by atoms with E-state index in [1.54, 1.807) is 0 Å². The number of unbranched alkanes of at least 4 members (excludes halogenated alkanes) is 32. The first-order valence-electron chi connectivity index (χ1n) is 29.3. The predicted octanol–water partition coefficient (Wildman–Crippen LogP) is 19.6. The van der Waals surface area contributed by atoms with Crippen molar-refractivity contribution in [3.63, 3.8) is 0 Å². The van der Waals surface area contributed by atoms with Gasteiger partial charge in [-0.1, -0.05) is 281 Å². The average Bonchev–Trinajstić information content (AvgIpc) is 3.34. The summed E-state index contributed by atoms with van der Waals surface area (Å²) in [5.74, 6) is -0.932. The van der Waals surface area contributed by atoms with E-state index < -0.39 is 6.10 Å². The summed E-state index contributed by atoms with van der Waals surface area (Å²) >= 11 is 0. The van der Waals surface area contributed by atoms with E-state index in [4.69, 9.17) is 14.2 Å². The van der Waals surface area contributed by atoms with Crippen LogP contribution in [0.1, 0.15) is 297 Å². The fourth-order valence-electron chi connectivity index (χ4n) is 8.42. The lowest BCUT2D eigenvalue weighted by molar-refractivity contribution is -0.167. The molecule has 394 valence electrons. The Morgan fingerprint density at radius 1 is 0.309 bits per heavy atom. The van der Waals surface area contributed by atoms with Crippen molar-refractivity contribution in [2.24, 2.45) is 0 Å². The van der Waals surface area contributed by atoms with Gasteiger partial charge < -0.3 is 14.2 Å². The smallest absolute Gasteiger partial charge is 0.306 e. The molecule has 0 spiro atoms. The number of rotatable bonds is 53. The number of hydrogen-bond acceptors (Lipinski definition) is 6. The van der Waals surface area contributed by atoms with Crippen LogP contribution in [0.15, 0.2) is 60.8 Å². The summed E-state index contributed by atoms with van der Waals surface area (Å²) in [5.41, 5.74) is 0. The maximum atomic E-state index is 12.9. The van der Waals surface area contributed by atoms with Crippen LogP contribution in [0.3, 0.4) is 0 Å². The van der Waals surface area contributed by atoms with Gasteiger partial charge in [-0.05, 0) is 57.8 Å². The van der Waals surface area contributed by atoms with Gasteiger partial charge in [-0.15, -0.1) is 0 Å². The maximum absolute atomic E-state index is 12.9. The fourth-order valence-corrected chi connectivity index (χ4v) is 8.42. The van der Waals surface area contributed by atoms with E-state index in [-0.39, 0.29) is 37.5 Å². The second-order valence-corrected chi connectivity index (χ2v) is 19.5. The number of ether oxygens (including phenoxy) is 3. The molecule has 0 radical (unpaired) electrons. The van der Waals surface area contributed by atoms with Crippen LogP contribution in [-0.4, -0.2) is 37.2 Å². The minimum absolute atomic E-state index is 0.0875. The van der Waals surface area contributed by atoms with E-state index in [1.807, 2.05) is 0 Å². The lowest BCUT2D eigenvalue weighted by Gasteiger charge is -2.18. The van der Waals surface area contributed by atoms with Gasteiger partial charge in [-0.2, -0.15) is 0 Å². The minimum atomic E-state index is -0.794. The number of esters is 3. The van der Waals surface area contributed by atoms with Crippen LogP contribution in [0.2, 0.25) is 0 Å². The molecule has 1 atom stereocenters. The summed E-state index contributed by atoms with van der Waals surface area (Å²) in [7, 11) is 0. The van der Waals surface area contributed by atoms with Crippen LogP contribution in [0.4, 0.5) is 0 Å². The second-order valence-electron chi connectivity index (χ2n) is 19.5. The maximum Gasteiger partial charge on any atom is 0.306 e. The number of hydrogen-bond donors (Lipinski definition) is 0. The van der Waals surface area contributed by atoms with Crippen LogP contribution < -0.4 is 0 Å². The molecule has 0 fully saturated rings. The van der Waals surface area contributed by atoms with Crippen molar-refractivity contribution in [3.05, 3.63) is 60.8 Å². The third-order valence-corrected chi connectivity index (χ3v) is 12.8. The van der Waals surface area contributed by atoms with Crippen molar-refractivity contribution >= 4 is 17.9 Å². The molecular formula is C62H110O6. The summed E-state index contributed by atoms with van der Waals surface area (Å²) in [4.78, 5) is 38.2. The molecule has 0 aliphatic heterocycles. The van der Waals surface area contributed by atoms with Crippen LogP contribution in [-0.2, 0) is 28.6 Å². The van der Waals surface area contributed by atoms with Gasteiger partial charge in [0.1, 0.15) is 13.2 Å². The van der Waals surface area contributed by atoms with Gasteiger partial charge in [0.15, 0.2) is 6.10 Å². The molecule has 0 saturated heterocycles.